The maximum Gasteiger partial charge on any atom is 0.0782 e. The van der Waals surface area contributed by atoms with Gasteiger partial charge in [-0.2, -0.15) is 0 Å². The van der Waals surface area contributed by atoms with E-state index in [0.717, 1.165) is 31.0 Å². The van der Waals surface area contributed by atoms with Crippen molar-refractivity contribution in [1.82, 2.24) is 20.2 Å². The third kappa shape index (κ3) is 4.35. The van der Waals surface area contributed by atoms with Gasteiger partial charge in [0, 0.05) is 31.0 Å². The third-order valence-corrected chi connectivity index (χ3v) is 3.29. The van der Waals surface area contributed by atoms with Gasteiger partial charge in [0.25, 0.3) is 0 Å². The molecule has 0 saturated carbocycles. The molecule has 2 unspecified atom stereocenters. The van der Waals surface area contributed by atoms with Gasteiger partial charge in [-0.1, -0.05) is 13.8 Å². The molecular formula is C14H26N4. The number of aromatic nitrogens is 2. The molecule has 0 aliphatic carbocycles. The SMILES string of the molecule is CCN(CC)CC(C)NC(C)c1nccnc1C. The minimum absolute atomic E-state index is 0.240. The van der Waals surface area contributed by atoms with Crippen LogP contribution in [0.5, 0.6) is 0 Å². The highest BCUT2D eigenvalue weighted by Crippen LogP contribution is 2.12. The normalized spacial score (nSPS) is 14.8. The summed E-state index contributed by atoms with van der Waals surface area (Å²) in [4.78, 5) is 11.1. The number of nitrogens with zero attached hydrogens (tertiary/aromatic N) is 3. The summed E-state index contributed by atoms with van der Waals surface area (Å²) in [5.41, 5.74) is 2.05. The molecule has 0 spiro atoms. The molecule has 0 aromatic carbocycles. The van der Waals surface area contributed by atoms with Gasteiger partial charge in [0.2, 0.25) is 0 Å². The van der Waals surface area contributed by atoms with Crippen molar-refractivity contribution in [2.24, 2.45) is 0 Å². The minimum atomic E-state index is 0.240. The molecule has 4 nitrogen and oxygen atoms in total. The Morgan fingerprint density at radius 2 is 1.78 bits per heavy atom. The first kappa shape index (κ1) is 15.1. The van der Waals surface area contributed by atoms with E-state index in [-0.39, 0.29) is 6.04 Å². The lowest BCUT2D eigenvalue weighted by Gasteiger charge is -2.26. The van der Waals surface area contributed by atoms with Crippen molar-refractivity contribution in [3.05, 3.63) is 23.8 Å². The first-order chi connectivity index (χ1) is 8.58. The fraction of sp³-hybridized carbons (Fsp3) is 0.714. The van der Waals surface area contributed by atoms with E-state index in [2.05, 4.69) is 47.9 Å². The van der Waals surface area contributed by atoms with E-state index < -0.39 is 0 Å². The van der Waals surface area contributed by atoms with Crippen LogP contribution in [0.25, 0.3) is 0 Å². The molecule has 0 amide bonds. The Bertz CT molecular complexity index is 349. The van der Waals surface area contributed by atoms with Crippen molar-refractivity contribution in [2.75, 3.05) is 19.6 Å². The second kappa shape index (κ2) is 7.44. The van der Waals surface area contributed by atoms with Gasteiger partial charge in [0.15, 0.2) is 0 Å². The summed E-state index contributed by atoms with van der Waals surface area (Å²) in [6, 6.07) is 0.686. The van der Waals surface area contributed by atoms with Gasteiger partial charge in [0.1, 0.15) is 0 Å². The van der Waals surface area contributed by atoms with E-state index >= 15 is 0 Å². The van der Waals surface area contributed by atoms with Crippen LogP contribution in [0.1, 0.15) is 45.1 Å². The molecule has 18 heavy (non-hydrogen) atoms. The quantitative estimate of drug-likeness (QED) is 0.805. The molecule has 102 valence electrons. The zero-order valence-electron chi connectivity index (χ0n) is 12.3. The highest BCUT2D eigenvalue weighted by atomic mass is 15.1. The number of aryl methyl sites for hydroxylation is 1. The summed E-state index contributed by atoms with van der Waals surface area (Å²) in [5, 5.41) is 3.59. The van der Waals surface area contributed by atoms with Crippen LogP contribution < -0.4 is 5.32 Å². The topological polar surface area (TPSA) is 41.0 Å². The van der Waals surface area contributed by atoms with E-state index in [1.807, 2.05) is 6.92 Å². The first-order valence-electron chi connectivity index (χ1n) is 6.84. The molecule has 1 aromatic heterocycles. The molecule has 1 N–H and O–H groups in total. The van der Waals surface area contributed by atoms with Gasteiger partial charge < -0.3 is 10.2 Å². The molecule has 4 heteroatoms. The van der Waals surface area contributed by atoms with E-state index in [4.69, 9.17) is 0 Å². The average Bonchev–Trinajstić information content (AvgIpc) is 2.36. The summed E-state index contributed by atoms with van der Waals surface area (Å²) in [7, 11) is 0. The van der Waals surface area contributed by atoms with Crippen LogP contribution in [0.15, 0.2) is 12.4 Å². The van der Waals surface area contributed by atoms with E-state index in [1.165, 1.54) is 0 Å². The molecule has 2 atom stereocenters. The molecule has 0 aliphatic rings. The van der Waals surface area contributed by atoms with Crippen LogP contribution in [-0.2, 0) is 0 Å². The predicted octanol–water partition coefficient (Wildman–Crippen LogP) is 2.17. The van der Waals surface area contributed by atoms with E-state index in [9.17, 15) is 0 Å². The summed E-state index contributed by atoms with van der Waals surface area (Å²) in [5.74, 6) is 0. The summed E-state index contributed by atoms with van der Waals surface area (Å²) in [6.07, 6.45) is 3.50. The maximum absolute atomic E-state index is 4.41. The number of nitrogens with one attached hydrogen (secondary N) is 1. The Hall–Kier alpha value is -1.00. The fourth-order valence-electron chi connectivity index (χ4n) is 2.27. The molecule has 0 radical (unpaired) electrons. The molecule has 0 saturated heterocycles. The highest BCUT2D eigenvalue weighted by molar-refractivity contribution is 5.12. The van der Waals surface area contributed by atoms with E-state index in [1.54, 1.807) is 12.4 Å². The van der Waals surface area contributed by atoms with Crippen molar-refractivity contribution in [1.29, 1.82) is 0 Å². The van der Waals surface area contributed by atoms with Crippen molar-refractivity contribution >= 4 is 0 Å². The van der Waals surface area contributed by atoms with Crippen LogP contribution in [-0.4, -0.2) is 40.5 Å². The number of hydrogen-bond donors (Lipinski definition) is 1. The summed E-state index contributed by atoms with van der Waals surface area (Å²) in [6.45, 7) is 14.0. The smallest absolute Gasteiger partial charge is 0.0782 e. The first-order valence-corrected chi connectivity index (χ1v) is 6.84. The van der Waals surface area contributed by atoms with Crippen molar-refractivity contribution < 1.29 is 0 Å². The Morgan fingerprint density at radius 1 is 1.17 bits per heavy atom. The van der Waals surface area contributed by atoms with Crippen LogP contribution in [0.3, 0.4) is 0 Å². The lowest BCUT2D eigenvalue weighted by molar-refractivity contribution is 0.263. The molecule has 1 aromatic rings. The standard InChI is InChI=1S/C14H26N4/c1-6-18(7-2)10-11(3)17-13(5)14-12(4)15-8-9-16-14/h8-9,11,13,17H,6-7,10H2,1-5H3. The lowest BCUT2D eigenvalue weighted by atomic mass is 10.1. The Morgan fingerprint density at radius 3 is 2.33 bits per heavy atom. The largest absolute Gasteiger partial charge is 0.305 e. The molecule has 1 rings (SSSR count). The minimum Gasteiger partial charge on any atom is -0.305 e. The van der Waals surface area contributed by atoms with Crippen molar-refractivity contribution in [2.45, 2.75) is 46.7 Å². The maximum atomic E-state index is 4.41. The van der Waals surface area contributed by atoms with Crippen molar-refractivity contribution in [3.63, 3.8) is 0 Å². The van der Waals surface area contributed by atoms with Crippen LogP contribution in [0.2, 0.25) is 0 Å². The number of likely N-dealkylation sites (N-methyl/N-ethyl adjacent to an activating group) is 1. The molecule has 0 bridgehead atoms. The van der Waals surface area contributed by atoms with E-state index in [0.29, 0.717) is 6.04 Å². The third-order valence-electron chi connectivity index (χ3n) is 3.29. The second-order valence-corrected chi connectivity index (χ2v) is 4.80. The van der Waals surface area contributed by atoms with Crippen LogP contribution >= 0.6 is 0 Å². The van der Waals surface area contributed by atoms with Gasteiger partial charge in [-0.15, -0.1) is 0 Å². The molecule has 1 heterocycles. The molecular weight excluding hydrogens is 224 g/mol. The zero-order chi connectivity index (χ0) is 13.5. The lowest BCUT2D eigenvalue weighted by Crippen LogP contribution is -2.40. The monoisotopic (exact) mass is 250 g/mol. The number of hydrogen-bond acceptors (Lipinski definition) is 4. The van der Waals surface area contributed by atoms with Crippen LogP contribution in [0, 0.1) is 6.92 Å². The highest BCUT2D eigenvalue weighted by Gasteiger charge is 2.14. The fourth-order valence-corrected chi connectivity index (χ4v) is 2.27. The van der Waals surface area contributed by atoms with Gasteiger partial charge in [0.05, 0.1) is 11.4 Å². The van der Waals surface area contributed by atoms with Gasteiger partial charge in [-0.25, -0.2) is 0 Å². The summed E-state index contributed by atoms with van der Waals surface area (Å²) < 4.78 is 0. The van der Waals surface area contributed by atoms with Gasteiger partial charge in [-0.05, 0) is 33.9 Å². The second-order valence-electron chi connectivity index (χ2n) is 4.80. The zero-order valence-corrected chi connectivity index (χ0v) is 12.3. The Kier molecular flexibility index (Phi) is 6.22. The molecule has 0 aliphatic heterocycles. The van der Waals surface area contributed by atoms with Crippen LogP contribution in [0.4, 0.5) is 0 Å². The van der Waals surface area contributed by atoms with Gasteiger partial charge >= 0.3 is 0 Å². The predicted molar refractivity (Wildman–Crippen MR) is 75.6 cm³/mol. The Balaban J connectivity index is 2.54. The molecule has 0 fully saturated rings. The van der Waals surface area contributed by atoms with Crippen molar-refractivity contribution in [3.8, 4) is 0 Å². The number of rotatable bonds is 7. The Labute approximate surface area is 111 Å². The van der Waals surface area contributed by atoms with Gasteiger partial charge in [-0.3, -0.25) is 9.97 Å². The average molecular weight is 250 g/mol. The summed E-state index contributed by atoms with van der Waals surface area (Å²) >= 11 is 0.